The van der Waals surface area contributed by atoms with Crippen LogP contribution < -0.4 is 0 Å². The van der Waals surface area contributed by atoms with E-state index in [2.05, 4.69) is 19.3 Å². The zero-order chi connectivity index (χ0) is 23.4. The number of thioether (sulfide) groups is 2. The van der Waals surface area contributed by atoms with Crippen LogP contribution in [-0.4, -0.2) is 36.2 Å². The number of carbonyl (C=O) groups is 1. The number of ketones is 1. The third kappa shape index (κ3) is 5.84. The highest BCUT2D eigenvalue weighted by molar-refractivity contribution is 8.00. The molecule has 1 aromatic carbocycles. The maximum Gasteiger partial charge on any atom is 0.192 e. The van der Waals surface area contributed by atoms with Crippen molar-refractivity contribution in [3.63, 3.8) is 0 Å². The first-order valence-corrected chi connectivity index (χ1v) is 15.1. The van der Waals surface area contributed by atoms with Crippen LogP contribution in [0.2, 0.25) is 0 Å². The number of carbonyl (C=O) groups excluding carboxylic acids is 1. The van der Waals surface area contributed by atoms with E-state index in [9.17, 15) is 13.2 Å². The Morgan fingerprint density at radius 3 is 2.21 bits per heavy atom. The number of hydrogen-bond acceptors (Lipinski definition) is 5. The third-order valence-corrected chi connectivity index (χ3v) is 10.6. The molecule has 0 aliphatic heterocycles. The molecular formula is C27H30O3S3. The zero-order valence-corrected chi connectivity index (χ0v) is 21.5. The first kappa shape index (κ1) is 24.4. The summed E-state index contributed by atoms with van der Waals surface area (Å²) in [7, 11) is -3.31. The molecule has 4 atom stereocenters. The molecule has 33 heavy (non-hydrogen) atoms. The summed E-state index contributed by atoms with van der Waals surface area (Å²) in [4.78, 5) is 14.3. The maximum absolute atomic E-state index is 13.0. The van der Waals surface area contributed by atoms with Crippen molar-refractivity contribution in [2.24, 2.45) is 5.92 Å². The first-order valence-electron chi connectivity index (χ1n) is 11.4. The van der Waals surface area contributed by atoms with E-state index in [1.165, 1.54) is 0 Å². The Kier molecular flexibility index (Phi) is 7.87. The summed E-state index contributed by atoms with van der Waals surface area (Å²) in [5.41, 5.74) is 1.46. The van der Waals surface area contributed by atoms with Gasteiger partial charge in [-0.3, -0.25) is 4.79 Å². The van der Waals surface area contributed by atoms with Crippen molar-refractivity contribution in [2.75, 3.05) is 6.26 Å². The molecule has 0 aromatic heterocycles. The molecular weight excluding hydrogens is 468 g/mol. The maximum atomic E-state index is 13.0. The summed E-state index contributed by atoms with van der Waals surface area (Å²) in [5, 5.41) is 0.232. The highest BCUT2D eigenvalue weighted by Gasteiger charge is 2.29. The molecule has 0 amide bonds. The van der Waals surface area contributed by atoms with Crippen LogP contribution in [0.15, 0.2) is 88.2 Å². The second-order valence-corrected chi connectivity index (χ2v) is 13.3. The number of benzene rings is 1. The van der Waals surface area contributed by atoms with Crippen molar-refractivity contribution in [3.05, 3.63) is 88.9 Å². The van der Waals surface area contributed by atoms with Crippen LogP contribution in [0.1, 0.15) is 43.0 Å². The fourth-order valence-corrected chi connectivity index (χ4v) is 7.42. The molecule has 1 aromatic rings. The molecule has 0 saturated carbocycles. The fourth-order valence-electron chi connectivity index (χ4n) is 4.22. The van der Waals surface area contributed by atoms with E-state index in [-0.39, 0.29) is 11.0 Å². The normalized spacial score (nSPS) is 27.2. The Labute approximate surface area is 206 Å². The highest BCUT2D eigenvalue weighted by atomic mass is 32.2. The van der Waals surface area contributed by atoms with Crippen LogP contribution in [0.4, 0.5) is 0 Å². The topological polar surface area (TPSA) is 51.2 Å². The average Bonchev–Trinajstić information content (AvgIpc) is 2.85. The van der Waals surface area contributed by atoms with Crippen molar-refractivity contribution >= 4 is 39.1 Å². The predicted molar refractivity (Wildman–Crippen MR) is 142 cm³/mol. The lowest BCUT2D eigenvalue weighted by atomic mass is 9.98. The monoisotopic (exact) mass is 498 g/mol. The lowest BCUT2D eigenvalue weighted by Gasteiger charge is -2.23. The van der Waals surface area contributed by atoms with Gasteiger partial charge in [0.2, 0.25) is 0 Å². The second kappa shape index (κ2) is 10.7. The van der Waals surface area contributed by atoms with E-state index >= 15 is 0 Å². The van der Waals surface area contributed by atoms with E-state index in [1.54, 1.807) is 29.6 Å². The van der Waals surface area contributed by atoms with Gasteiger partial charge in [0.25, 0.3) is 0 Å². The van der Waals surface area contributed by atoms with Crippen LogP contribution in [0.5, 0.6) is 0 Å². The van der Waals surface area contributed by atoms with E-state index < -0.39 is 15.1 Å². The van der Waals surface area contributed by atoms with Crippen LogP contribution in [0, 0.1) is 5.92 Å². The first-order chi connectivity index (χ1) is 15.9. The van der Waals surface area contributed by atoms with Gasteiger partial charge in [0, 0.05) is 26.5 Å². The number of sulfone groups is 1. The summed E-state index contributed by atoms with van der Waals surface area (Å²) in [6.07, 6.45) is 20.8. The summed E-state index contributed by atoms with van der Waals surface area (Å²) in [6, 6.07) is 7.73. The van der Waals surface area contributed by atoms with Gasteiger partial charge in [0.05, 0.1) is 10.2 Å². The van der Waals surface area contributed by atoms with Crippen molar-refractivity contribution in [3.8, 4) is 0 Å². The Morgan fingerprint density at radius 2 is 1.64 bits per heavy atom. The molecule has 3 aliphatic carbocycles. The quantitative estimate of drug-likeness (QED) is 0.315. The SMILES string of the molecule is CSC1C=CC(C(=O)c2ccc(SC3C=CC(S(=O)(=O)C4C=CC(C)CC4)=CC3)cc2)=CC1. The fraction of sp³-hybridized carbons (Fsp3) is 0.370. The number of hydrogen-bond donors (Lipinski definition) is 0. The molecule has 3 nitrogen and oxygen atoms in total. The van der Waals surface area contributed by atoms with Gasteiger partial charge in [0.1, 0.15) is 0 Å². The van der Waals surface area contributed by atoms with Gasteiger partial charge < -0.3 is 0 Å². The zero-order valence-electron chi connectivity index (χ0n) is 19.0. The molecule has 0 N–H and O–H groups in total. The van der Waals surface area contributed by atoms with E-state index in [0.717, 1.165) is 23.3 Å². The average molecular weight is 499 g/mol. The van der Waals surface area contributed by atoms with Gasteiger partial charge >= 0.3 is 0 Å². The molecule has 3 aliphatic rings. The Balaban J connectivity index is 1.35. The Hall–Kier alpha value is -1.76. The standard InChI is InChI=1S/C27H30O3S3/c1-19-3-15-25(16-4-19)33(29,30)26-17-13-24(14-18-26)32-23-11-7-21(8-12-23)27(28)20-5-9-22(31-2)10-6-20/h3,5-9,11-13,15,17-19,22,24-25H,4,10,14,16H2,1-2H3. The van der Waals surface area contributed by atoms with Gasteiger partial charge in [-0.25, -0.2) is 8.42 Å². The summed E-state index contributed by atoms with van der Waals surface area (Å²) in [6.45, 7) is 2.12. The largest absolute Gasteiger partial charge is 0.289 e. The molecule has 0 radical (unpaired) electrons. The summed E-state index contributed by atoms with van der Waals surface area (Å²) >= 11 is 3.48. The van der Waals surface area contributed by atoms with Crippen LogP contribution in [0.25, 0.3) is 0 Å². The minimum absolute atomic E-state index is 0.0591. The minimum atomic E-state index is -3.31. The lowest BCUT2D eigenvalue weighted by Crippen LogP contribution is -2.24. The Bertz CT molecular complexity index is 1140. The number of rotatable bonds is 7. The summed E-state index contributed by atoms with van der Waals surface area (Å²) in [5.74, 6) is 0.516. The minimum Gasteiger partial charge on any atom is -0.289 e. The van der Waals surface area contributed by atoms with E-state index in [0.29, 0.717) is 34.5 Å². The molecule has 0 saturated heterocycles. The predicted octanol–water partition coefficient (Wildman–Crippen LogP) is 6.56. The molecule has 0 fully saturated rings. The lowest BCUT2D eigenvalue weighted by molar-refractivity contribution is 0.103. The van der Waals surface area contributed by atoms with E-state index in [1.807, 2.05) is 60.7 Å². The van der Waals surface area contributed by atoms with Gasteiger partial charge in [-0.05, 0) is 68.2 Å². The van der Waals surface area contributed by atoms with Crippen LogP contribution in [-0.2, 0) is 9.84 Å². The molecule has 0 bridgehead atoms. The Morgan fingerprint density at radius 1 is 0.909 bits per heavy atom. The van der Waals surface area contributed by atoms with Crippen molar-refractivity contribution in [1.29, 1.82) is 0 Å². The van der Waals surface area contributed by atoms with Gasteiger partial charge in [-0.1, -0.05) is 49.5 Å². The molecule has 6 heteroatoms. The number of Topliss-reactive ketones (excluding diaryl/α,β-unsaturated/α-hetero) is 1. The van der Waals surface area contributed by atoms with Gasteiger partial charge in [-0.2, -0.15) is 11.8 Å². The molecule has 4 rings (SSSR count). The third-order valence-electron chi connectivity index (χ3n) is 6.34. The smallest absolute Gasteiger partial charge is 0.192 e. The molecule has 0 heterocycles. The number of allylic oxidation sites excluding steroid dienone is 6. The molecule has 4 unspecified atom stereocenters. The molecule has 174 valence electrons. The highest BCUT2D eigenvalue weighted by Crippen LogP contribution is 2.33. The second-order valence-electron chi connectivity index (χ2n) is 8.76. The van der Waals surface area contributed by atoms with Crippen LogP contribution in [0.3, 0.4) is 0 Å². The summed E-state index contributed by atoms with van der Waals surface area (Å²) < 4.78 is 25.9. The van der Waals surface area contributed by atoms with Gasteiger partial charge in [-0.15, -0.1) is 11.8 Å². The van der Waals surface area contributed by atoms with Crippen molar-refractivity contribution in [1.82, 2.24) is 0 Å². The van der Waals surface area contributed by atoms with Crippen molar-refractivity contribution in [2.45, 2.75) is 53.3 Å². The van der Waals surface area contributed by atoms with Gasteiger partial charge in [0.15, 0.2) is 15.6 Å². The van der Waals surface area contributed by atoms with E-state index in [4.69, 9.17) is 0 Å². The van der Waals surface area contributed by atoms with Crippen molar-refractivity contribution < 1.29 is 13.2 Å². The van der Waals surface area contributed by atoms with Crippen LogP contribution >= 0.6 is 23.5 Å². The molecule has 0 spiro atoms.